The topological polar surface area (TPSA) is 63.3 Å². The molecular weight excluding hydrogens is 218 g/mol. The van der Waals surface area contributed by atoms with Crippen molar-refractivity contribution in [3.8, 4) is 0 Å². The Morgan fingerprint density at radius 2 is 1.88 bits per heavy atom. The summed E-state index contributed by atoms with van der Waals surface area (Å²) in [6.45, 7) is 9.37. The molecule has 4 heteroatoms. The fourth-order valence-corrected chi connectivity index (χ4v) is 2.08. The molecule has 1 atom stereocenters. The second kappa shape index (κ2) is 4.03. The second-order valence-electron chi connectivity index (χ2n) is 5.03. The summed E-state index contributed by atoms with van der Waals surface area (Å²) in [5.74, 6) is -0.384. The van der Waals surface area contributed by atoms with Crippen LogP contribution in [0.4, 0.5) is 5.69 Å². The lowest BCUT2D eigenvalue weighted by atomic mass is 10.0. The zero-order valence-electron chi connectivity index (χ0n) is 9.95. The van der Waals surface area contributed by atoms with Gasteiger partial charge in [0, 0.05) is 11.3 Å². The molecule has 3 N–H and O–H groups in total. The molecule has 0 saturated heterocycles. The smallest absolute Gasteiger partial charge is 0.192 e. The summed E-state index contributed by atoms with van der Waals surface area (Å²) in [7, 11) is -2.11. The average molecular weight is 236 g/mol. The van der Waals surface area contributed by atoms with Gasteiger partial charge in [-0.3, -0.25) is 4.79 Å². The van der Waals surface area contributed by atoms with E-state index in [0.717, 1.165) is 0 Å². The summed E-state index contributed by atoms with van der Waals surface area (Å²) in [5, 5.41) is 8.70. The van der Waals surface area contributed by atoms with E-state index < -0.39 is 13.3 Å². The van der Waals surface area contributed by atoms with Crippen molar-refractivity contribution >= 4 is 19.5 Å². The molecule has 1 radical (unpaired) electrons. The van der Waals surface area contributed by atoms with E-state index >= 15 is 0 Å². The Bertz CT molecular complexity index is 408. The minimum absolute atomic E-state index is 0.349. The number of carbonyl (C=O) groups is 1. The molecule has 0 aliphatic carbocycles. The highest BCUT2D eigenvalue weighted by molar-refractivity contribution is 6.82. The van der Waals surface area contributed by atoms with Gasteiger partial charge in [0.05, 0.1) is 8.07 Å². The summed E-state index contributed by atoms with van der Waals surface area (Å²) in [4.78, 5) is 12.2. The highest BCUT2D eigenvalue weighted by Gasteiger charge is 2.44. The largest absolute Gasteiger partial charge is 0.398 e. The molecule has 0 saturated carbocycles. The van der Waals surface area contributed by atoms with Crippen LogP contribution < -0.4 is 5.73 Å². The van der Waals surface area contributed by atoms with Crippen LogP contribution in [0.1, 0.15) is 10.4 Å². The van der Waals surface area contributed by atoms with E-state index in [1.807, 2.05) is 19.6 Å². The van der Waals surface area contributed by atoms with Crippen molar-refractivity contribution in [3.63, 3.8) is 0 Å². The van der Waals surface area contributed by atoms with E-state index in [-0.39, 0.29) is 5.78 Å². The van der Waals surface area contributed by atoms with Gasteiger partial charge in [0.25, 0.3) is 0 Å². The zero-order chi connectivity index (χ0) is 12.6. The summed E-state index contributed by atoms with van der Waals surface area (Å²) >= 11 is 0. The summed E-state index contributed by atoms with van der Waals surface area (Å²) in [6, 6.07) is 6.74. The number of aliphatic hydroxyl groups is 1. The second-order valence-corrected chi connectivity index (χ2v) is 10.4. The van der Waals surface area contributed by atoms with Crippen molar-refractivity contribution in [2.75, 3.05) is 5.73 Å². The van der Waals surface area contributed by atoms with E-state index in [1.54, 1.807) is 24.3 Å². The Labute approximate surface area is 97.3 Å². The molecule has 0 aliphatic heterocycles. The molecule has 87 valence electrons. The van der Waals surface area contributed by atoms with Crippen LogP contribution in [0.3, 0.4) is 0 Å². The van der Waals surface area contributed by atoms with Crippen molar-refractivity contribution in [2.45, 2.75) is 24.9 Å². The molecule has 0 fully saturated rings. The highest BCUT2D eigenvalue weighted by atomic mass is 28.3. The van der Waals surface area contributed by atoms with Crippen molar-refractivity contribution in [1.82, 2.24) is 0 Å². The summed E-state index contributed by atoms with van der Waals surface area (Å²) in [6.07, 6.45) is 0. The monoisotopic (exact) mass is 236 g/mol. The molecule has 0 spiro atoms. The minimum Gasteiger partial charge on any atom is -0.398 e. The number of benzene rings is 1. The number of nitrogens with two attached hydrogens (primary N) is 1. The van der Waals surface area contributed by atoms with Crippen molar-refractivity contribution in [3.05, 3.63) is 36.8 Å². The van der Waals surface area contributed by atoms with Gasteiger partial charge in [-0.05, 0) is 19.1 Å². The Balaban J connectivity index is 3.18. The molecule has 0 aromatic heterocycles. The van der Waals surface area contributed by atoms with Crippen molar-refractivity contribution in [2.24, 2.45) is 0 Å². The average Bonchev–Trinajstić information content (AvgIpc) is 2.15. The number of ketones is 1. The van der Waals surface area contributed by atoms with Crippen molar-refractivity contribution in [1.29, 1.82) is 0 Å². The third-order valence-corrected chi connectivity index (χ3v) is 5.53. The zero-order valence-corrected chi connectivity index (χ0v) is 10.9. The standard InChI is InChI=1S/C12H18NO2Si/c1-12(15,16(2,3)4)11(14)9-7-5-6-8-10(9)13/h5-8,15H,1,13H2,2-4H3. The van der Waals surface area contributed by atoms with Crippen LogP contribution in [0.5, 0.6) is 0 Å². The number of hydrogen-bond donors (Lipinski definition) is 2. The number of anilines is 1. The Hall–Kier alpha value is -1.13. The summed E-state index contributed by atoms with van der Waals surface area (Å²) in [5.41, 5.74) is 6.45. The van der Waals surface area contributed by atoms with Crippen LogP contribution in [-0.4, -0.2) is 24.2 Å². The maximum absolute atomic E-state index is 12.2. The molecule has 16 heavy (non-hydrogen) atoms. The fraction of sp³-hybridized carbons (Fsp3) is 0.333. The molecule has 3 nitrogen and oxygen atoms in total. The maximum Gasteiger partial charge on any atom is 0.192 e. The molecule has 0 aliphatic rings. The first-order valence-electron chi connectivity index (χ1n) is 5.15. The first-order chi connectivity index (χ1) is 7.18. The number of rotatable bonds is 3. The molecule has 0 bridgehead atoms. The van der Waals surface area contributed by atoms with Gasteiger partial charge in [0.1, 0.15) is 5.22 Å². The van der Waals surface area contributed by atoms with Gasteiger partial charge in [-0.2, -0.15) is 0 Å². The SMILES string of the molecule is [CH2]C(O)(C(=O)c1ccccc1N)[Si](C)(C)C. The van der Waals surface area contributed by atoms with Crippen LogP contribution >= 0.6 is 0 Å². The first-order valence-corrected chi connectivity index (χ1v) is 8.65. The number of nitrogen functional groups attached to an aromatic ring is 1. The molecule has 1 aromatic rings. The highest BCUT2D eigenvalue weighted by Crippen LogP contribution is 2.26. The Morgan fingerprint density at radius 3 is 2.31 bits per heavy atom. The van der Waals surface area contributed by atoms with E-state index in [0.29, 0.717) is 11.3 Å². The Morgan fingerprint density at radius 1 is 1.38 bits per heavy atom. The van der Waals surface area contributed by atoms with Gasteiger partial charge in [-0.1, -0.05) is 31.8 Å². The van der Waals surface area contributed by atoms with Crippen LogP contribution in [0, 0.1) is 6.92 Å². The predicted octanol–water partition coefficient (Wildman–Crippen LogP) is 1.89. The Kier molecular flexibility index (Phi) is 3.26. The number of carbonyl (C=O) groups excluding carboxylic acids is 1. The first kappa shape index (κ1) is 12.9. The van der Waals surface area contributed by atoms with Crippen LogP contribution in [-0.2, 0) is 0 Å². The molecule has 1 unspecified atom stereocenters. The molecule has 0 amide bonds. The number of para-hydroxylation sites is 1. The molecule has 1 aromatic carbocycles. The molecular formula is C12H18NO2Si. The van der Waals surface area contributed by atoms with E-state index in [9.17, 15) is 9.90 Å². The quantitative estimate of drug-likeness (QED) is 0.478. The van der Waals surface area contributed by atoms with Gasteiger partial charge < -0.3 is 10.8 Å². The number of hydrogen-bond acceptors (Lipinski definition) is 3. The number of Topliss-reactive ketones (excluding diaryl/α,β-unsaturated/α-hetero) is 1. The van der Waals surface area contributed by atoms with Crippen molar-refractivity contribution < 1.29 is 9.90 Å². The molecule has 0 heterocycles. The van der Waals surface area contributed by atoms with Crippen LogP contribution in [0.2, 0.25) is 19.6 Å². The van der Waals surface area contributed by atoms with E-state index in [4.69, 9.17) is 5.73 Å². The van der Waals surface area contributed by atoms with E-state index in [2.05, 4.69) is 6.92 Å². The third-order valence-electron chi connectivity index (χ3n) is 2.82. The fourth-order valence-electron chi connectivity index (χ4n) is 1.27. The van der Waals surface area contributed by atoms with Gasteiger partial charge >= 0.3 is 0 Å². The molecule has 1 rings (SSSR count). The summed E-state index contributed by atoms with van der Waals surface area (Å²) < 4.78 is 0. The third kappa shape index (κ3) is 2.17. The lowest BCUT2D eigenvalue weighted by molar-refractivity contribution is 0.0720. The normalized spacial score (nSPS) is 15.6. The lowest BCUT2D eigenvalue weighted by Gasteiger charge is -2.34. The van der Waals surface area contributed by atoms with Gasteiger partial charge in [0.2, 0.25) is 0 Å². The predicted molar refractivity (Wildman–Crippen MR) is 68.8 cm³/mol. The van der Waals surface area contributed by atoms with Gasteiger partial charge in [-0.25, -0.2) is 0 Å². The maximum atomic E-state index is 12.2. The van der Waals surface area contributed by atoms with E-state index in [1.165, 1.54) is 0 Å². The van der Waals surface area contributed by atoms with Crippen LogP contribution in [0.15, 0.2) is 24.3 Å². The lowest BCUT2D eigenvalue weighted by Crippen LogP contribution is -2.56. The van der Waals surface area contributed by atoms with Crippen LogP contribution in [0.25, 0.3) is 0 Å². The van der Waals surface area contributed by atoms with Gasteiger partial charge in [-0.15, -0.1) is 0 Å². The van der Waals surface area contributed by atoms with Gasteiger partial charge in [0.15, 0.2) is 5.78 Å². The minimum atomic E-state index is -2.11.